The van der Waals surface area contributed by atoms with E-state index in [1.807, 2.05) is 34.6 Å². The zero-order valence-electron chi connectivity index (χ0n) is 13.6. The first-order valence-corrected chi connectivity index (χ1v) is 6.87. The lowest BCUT2D eigenvalue weighted by Gasteiger charge is -2.26. The maximum atomic E-state index is 11.5. The van der Waals surface area contributed by atoms with Gasteiger partial charge in [0, 0.05) is 22.3 Å². The molecule has 1 rings (SSSR count). The summed E-state index contributed by atoms with van der Waals surface area (Å²) in [5.41, 5.74) is 1.17. The van der Waals surface area contributed by atoms with Crippen molar-refractivity contribution in [3.8, 4) is 0 Å². The molecule has 6 nitrogen and oxygen atoms in total. The molecule has 0 saturated carbocycles. The van der Waals surface area contributed by atoms with Crippen LogP contribution in [0.5, 0.6) is 0 Å². The minimum Gasteiger partial charge on any atom is -0.258 e. The molecule has 0 radical (unpaired) electrons. The first-order valence-electron chi connectivity index (χ1n) is 6.87. The Kier molecular flexibility index (Phi) is 4.41. The van der Waals surface area contributed by atoms with E-state index in [0.717, 1.165) is 0 Å². The van der Waals surface area contributed by atoms with Crippen LogP contribution < -0.4 is 0 Å². The summed E-state index contributed by atoms with van der Waals surface area (Å²) >= 11 is 0. The van der Waals surface area contributed by atoms with Gasteiger partial charge >= 0.3 is 0 Å². The van der Waals surface area contributed by atoms with Crippen molar-refractivity contribution in [1.82, 2.24) is 0 Å². The zero-order chi connectivity index (χ0) is 16.7. The fraction of sp³-hybridized carbons (Fsp3) is 0.600. The van der Waals surface area contributed by atoms with Crippen LogP contribution in [0.2, 0.25) is 0 Å². The van der Waals surface area contributed by atoms with E-state index in [1.165, 1.54) is 0 Å². The van der Waals surface area contributed by atoms with Crippen LogP contribution >= 0.6 is 0 Å². The van der Waals surface area contributed by atoms with Crippen LogP contribution in [0.3, 0.4) is 0 Å². The van der Waals surface area contributed by atoms with E-state index < -0.39 is 15.3 Å². The Morgan fingerprint density at radius 3 is 1.57 bits per heavy atom. The van der Waals surface area contributed by atoms with E-state index >= 15 is 0 Å². The van der Waals surface area contributed by atoms with Gasteiger partial charge < -0.3 is 0 Å². The SMILES string of the molecule is Cc1c(C)c([N+](=O)[O-])c(C(C)(C)C)c(C(C)C)c1[N+](=O)[O-]. The molecule has 0 fully saturated rings. The quantitative estimate of drug-likeness (QED) is 0.604. The second-order valence-electron chi connectivity index (χ2n) is 6.65. The fourth-order valence-corrected chi connectivity index (χ4v) is 2.78. The monoisotopic (exact) mass is 294 g/mol. The van der Waals surface area contributed by atoms with Crippen LogP contribution in [0, 0.1) is 34.1 Å². The number of hydrogen-bond donors (Lipinski definition) is 0. The van der Waals surface area contributed by atoms with Crippen LogP contribution in [0.15, 0.2) is 0 Å². The van der Waals surface area contributed by atoms with Crippen molar-refractivity contribution in [3.05, 3.63) is 42.5 Å². The first-order chi connectivity index (χ1) is 9.41. The molecule has 0 aliphatic rings. The summed E-state index contributed by atoms with van der Waals surface area (Å²) in [5.74, 6) is -0.169. The van der Waals surface area contributed by atoms with Crippen LogP contribution in [0.4, 0.5) is 11.4 Å². The topological polar surface area (TPSA) is 86.3 Å². The Morgan fingerprint density at radius 1 is 0.905 bits per heavy atom. The molecule has 0 aromatic heterocycles. The highest BCUT2D eigenvalue weighted by molar-refractivity contribution is 5.67. The Balaban J connectivity index is 4.14. The third-order valence-electron chi connectivity index (χ3n) is 3.73. The van der Waals surface area contributed by atoms with E-state index in [-0.39, 0.29) is 17.3 Å². The summed E-state index contributed by atoms with van der Waals surface area (Å²) in [6, 6.07) is 0. The van der Waals surface area contributed by atoms with Gasteiger partial charge in [0.1, 0.15) is 0 Å². The third-order valence-corrected chi connectivity index (χ3v) is 3.73. The van der Waals surface area contributed by atoms with Gasteiger partial charge in [0.15, 0.2) is 0 Å². The Labute approximate surface area is 124 Å². The van der Waals surface area contributed by atoms with Crippen molar-refractivity contribution in [2.24, 2.45) is 0 Å². The second kappa shape index (κ2) is 5.42. The molecule has 0 spiro atoms. The highest BCUT2D eigenvalue weighted by Gasteiger charge is 2.38. The average Bonchev–Trinajstić information content (AvgIpc) is 2.28. The number of benzene rings is 1. The minimum atomic E-state index is -0.550. The normalized spacial score (nSPS) is 11.8. The predicted octanol–water partition coefficient (Wildman–Crippen LogP) is 4.54. The van der Waals surface area contributed by atoms with Gasteiger partial charge in [-0.3, -0.25) is 20.2 Å². The summed E-state index contributed by atoms with van der Waals surface area (Å²) in [6.07, 6.45) is 0. The highest BCUT2D eigenvalue weighted by Crippen LogP contribution is 2.46. The Bertz CT molecular complexity index is 613. The molecule has 6 heteroatoms. The Hall–Kier alpha value is -1.98. The van der Waals surface area contributed by atoms with E-state index in [1.54, 1.807) is 13.8 Å². The lowest BCUT2D eigenvalue weighted by molar-refractivity contribution is -0.391. The minimum absolute atomic E-state index is 0.00861. The molecule has 1 aromatic carbocycles. The van der Waals surface area contributed by atoms with Crippen molar-refractivity contribution in [3.63, 3.8) is 0 Å². The maximum Gasteiger partial charge on any atom is 0.277 e. The number of rotatable bonds is 3. The van der Waals surface area contributed by atoms with Gasteiger partial charge in [-0.05, 0) is 25.2 Å². The summed E-state index contributed by atoms with van der Waals surface area (Å²) < 4.78 is 0. The lowest BCUT2D eigenvalue weighted by atomic mass is 9.76. The van der Waals surface area contributed by atoms with Gasteiger partial charge in [-0.1, -0.05) is 34.6 Å². The molecule has 0 bridgehead atoms. The van der Waals surface area contributed by atoms with Gasteiger partial charge in [-0.15, -0.1) is 0 Å². The van der Waals surface area contributed by atoms with Gasteiger partial charge in [0.25, 0.3) is 11.4 Å². The second-order valence-corrected chi connectivity index (χ2v) is 6.65. The van der Waals surface area contributed by atoms with Gasteiger partial charge in [0.05, 0.1) is 9.85 Å². The van der Waals surface area contributed by atoms with Crippen LogP contribution in [0.1, 0.15) is 62.8 Å². The summed E-state index contributed by atoms with van der Waals surface area (Å²) in [5, 5.41) is 23.0. The van der Waals surface area contributed by atoms with E-state index in [2.05, 4.69) is 0 Å². The molecule has 0 saturated heterocycles. The molecule has 0 atom stereocenters. The molecule has 0 heterocycles. The van der Waals surface area contributed by atoms with Crippen LogP contribution in [-0.4, -0.2) is 9.85 Å². The van der Waals surface area contributed by atoms with Crippen LogP contribution in [-0.2, 0) is 5.41 Å². The van der Waals surface area contributed by atoms with Crippen molar-refractivity contribution in [2.45, 2.75) is 59.8 Å². The van der Waals surface area contributed by atoms with E-state index in [0.29, 0.717) is 22.3 Å². The molecule has 21 heavy (non-hydrogen) atoms. The first kappa shape index (κ1) is 17.1. The van der Waals surface area contributed by atoms with Crippen molar-refractivity contribution in [2.75, 3.05) is 0 Å². The highest BCUT2D eigenvalue weighted by atomic mass is 16.6. The average molecular weight is 294 g/mol. The zero-order valence-corrected chi connectivity index (χ0v) is 13.6. The standard InChI is InChI=1S/C15H22N2O4/c1-8(2)11-12(15(5,6)7)14(17(20)21)10(4)9(3)13(11)16(18)19/h8H,1-7H3. The van der Waals surface area contributed by atoms with Crippen LogP contribution in [0.25, 0.3) is 0 Å². The maximum absolute atomic E-state index is 11.5. The molecular weight excluding hydrogens is 272 g/mol. The lowest BCUT2D eigenvalue weighted by Crippen LogP contribution is -2.20. The fourth-order valence-electron chi connectivity index (χ4n) is 2.78. The van der Waals surface area contributed by atoms with E-state index in [4.69, 9.17) is 0 Å². The number of nitro groups is 2. The molecule has 0 amide bonds. The van der Waals surface area contributed by atoms with Crippen molar-refractivity contribution >= 4 is 11.4 Å². The molecule has 116 valence electrons. The summed E-state index contributed by atoms with van der Waals surface area (Å²) in [7, 11) is 0. The largest absolute Gasteiger partial charge is 0.277 e. The predicted molar refractivity (Wildman–Crippen MR) is 82.0 cm³/mol. The summed E-state index contributed by atoms with van der Waals surface area (Å²) in [4.78, 5) is 22.2. The van der Waals surface area contributed by atoms with Gasteiger partial charge in [-0.25, -0.2) is 0 Å². The Morgan fingerprint density at radius 2 is 1.29 bits per heavy atom. The molecule has 0 aliphatic carbocycles. The summed E-state index contributed by atoms with van der Waals surface area (Å²) in [6.45, 7) is 12.4. The number of hydrogen-bond acceptors (Lipinski definition) is 4. The van der Waals surface area contributed by atoms with Crippen molar-refractivity contribution < 1.29 is 9.85 Å². The molecular formula is C15H22N2O4. The molecule has 0 unspecified atom stereocenters. The number of nitro benzene ring substituents is 2. The molecule has 0 aliphatic heterocycles. The van der Waals surface area contributed by atoms with Crippen molar-refractivity contribution in [1.29, 1.82) is 0 Å². The molecule has 0 N–H and O–H groups in total. The van der Waals surface area contributed by atoms with Gasteiger partial charge in [-0.2, -0.15) is 0 Å². The third kappa shape index (κ3) is 2.89. The van der Waals surface area contributed by atoms with Gasteiger partial charge in [0.2, 0.25) is 0 Å². The molecule has 1 aromatic rings. The number of nitrogens with zero attached hydrogens (tertiary/aromatic N) is 2. The smallest absolute Gasteiger partial charge is 0.258 e. The van der Waals surface area contributed by atoms with E-state index in [9.17, 15) is 20.2 Å².